The van der Waals surface area contributed by atoms with Crippen LogP contribution in [0.25, 0.3) is 0 Å². The number of aryl methyl sites for hydroxylation is 1. The molecule has 0 saturated carbocycles. The number of hydrogen-bond acceptors (Lipinski definition) is 5. The van der Waals surface area contributed by atoms with Crippen molar-refractivity contribution in [3.05, 3.63) is 49.0 Å². The molecule has 0 unspecified atom stereocenters. The number of nitro groups is 1. The molecule has 18 heavy (non-hydrogen) atoms. The lowest BCUT2D eigenvalue weighted by Gasteiger charge is -1.99. The molecule has 2 heterocycles. The van der Waals surface area contributed by atoms with Crippen LogP contribution in [0.1, 0.15) is 21.6 Å². The molecule has 0 fully saturated rings. The molecule has 2 aromatic heterocycles. The van der Waals surface area contributed by atoms with Crippen molar-refractivity contribution < 1.29 is 4.92 Å². The van der Waals surface area contributed by atoms with Crippen LogP contribution in [-0.2, 0) is 19.5 Å². The fraction of sp³-hybridized carbons (Fsp3) is 0.333. The van der Waals surface area contributed by atoms with E-state index in [9.17, 15) is 10.1 Å². The molecule has 0 aromatic carbocycles. The van der Waals surface area contributed by atoms with Gasteiger partial charge in [0.2, 0.25) is 0 Å². The Balaban J connectivity index is 1.82. The number of nitrogens with zero attached hydrogens (tertiary/aromatic N) is 1. The third-order valence-corrected chi connectivity index (χ3v) is 4.76. The molecule has 0 radical (unpaired) electrons. The molecule has 96 valence electrons. The Morgan fingerprint density at radius 1 is 1.11 bits per heavy atom. The van der Waals surface area contributed by atoms with Crippen molar-refractivity contribution in [3.63, 3.8) is 0 Å². The summed E-state index contributed by atoms with van der Waals surface area (Å²) in [5, 5.41) is 14.1. The van der Waals surface area contributed by atoms with Crippen LogP contribution in [0.4, 0.5) is 5.00 Å². The molecule has 4 nitrogen and oxygen atoms in total. The Kier molecular flexibility index (Phi) is 4.46. The van der Waals surface area contributed by atoms with E-state index in [1.165, 1.54) is 21.1 Å². The monoisotopic (exact) mass is 282 g/mol. The highest BCUT2D eigenvalue weighted by atomic mass is 32.1. The van der Waals surface area contributed by atoms with E-state index in [4.69, 9.17) is 0 Å². The first-order valence-corrected chi connectivity index (χ1v) is 7.33. The van der Waals surface area contributed by atoms with Gasteiger partial charge in [-0.3, -0.25) is 10.1 Å². The highest BCUT2D eigenvalue weighted by Crippen LogP contribution is 2.24. The Morgan fingerprint density at radius 2 is 1.72 bits per heavy atom. The lowest BCUT2D eigenvalue weighted by molar-refractivity contribution is -0.380. The van der Waals surface area contributed by atoms with Crippen LogP contribution >= 0.6 is 22.7 Å². The summed E-state index contributed by atoms with van der Waals surface area (Å²) in [7, 11) is 0. The highest BCUT2D eigenvalue weighted by Gasteiger charge is 2.09. The molecule has 6 heteroatoms. The van der Waals surface area contributed by atoms with Crippen LogP contribution in [0.15, 0.2) is 24.3 Å². The van der Waals surface area contributed by atoms with Crippen molar-refractivity contribution in [1.29, 1.82) is 0 Å². The van der Waals surface area contributed by atoms with Crippen LogP contribution in [-0.4, -0.2) is 4.92 Å². The first kappa shape index (κ1) is 13.2. The number of rotatable bonds is 6. The van der Waals surface area contributed by atoms with Gasteiger partial charge < -0.3 is 5.32 Å². The second kappa shape index (κ2) is 6.08. The van der Waals surface area contributed by atoms with E-state index in [0.29, 0.717) is 6.54 Å². The molecular weight excluding hydrogens is 268 g/mol. The summed E-state index contributed by atoms with van der Waals surface area (Å²) in [5.74, 6) is 0. The van der Waals surface area contributed by atoms with Gasteiger partial charge in [0.15, 0.2) is 0 Å². The van der Waals surface area contributed by atoms with Gasteiger partial charge in [-0.05, 0) is 24.6 Å². The normalized spacial score (nSPS) is 10.7. The Morgan fingerprint density at radius 3 is 2.28 bits per heavy atom. The predicted molar refractivity (Wildman–Crippen MR) is 75.2 cm³/mol. The summed E-state index contributed by atoms with van der Waals surface area (Å²) in [6.07, 6.45) is 1.07. The lowest BCUT2D eigenvalue weighted by atomic mass is 10.3. The summed E-state index contributed by atoms with van der Waals surface area (Å²) < 4.78 is 0. The quantitative estimate of drug-likeness (QED) is 0.651. The van der Waals surface area contributed by atoms with E-state index in [0.717, 1.165) is 17.8 Å². The first-order chi connectivity index (χ1) is 8.69. The first-order valence-electron chi connectivity index (χ1n) is 5.70. The molecule has 0 amide bonds. The zero-order chi connectivity index (χ0) is 13.0. The fourth-order valence-electron chi connectivity index (χ4n) is 1.58. The summed E-state index contributed by atoms with van der Waals surface area (Å²) >= 11 is 3.04. The summed E-state index contributed by atoms with van der Waals surface area (Å²) in [6, 6.07) is 7.65. The van der Waals surface area contributed by atoms with Crippen LogP contribution in [0, 0.1) is 10.1 Å². The van der Waals surface area contributed by atoms with E-state index < -0.39 is 0 Å². The maximum absolute atomic E-state index is 10.5. The van der Waals surface area contributed by atoms with Crippen LogP contribution in [0.3, 0.4) is 0 Å². The summed E-state index contributed by atoms with van der Waals surface area (Å²) in [5.41, 5.74) is 0. The molecule has 0 saturated heterocycles. The molecule has 2 rings (SSSR count). The van der Waals surface area contributed by atoms with Gasteiger partial charge >= 0.3 is 5.00 Å². The topological polar surface area (TPSA) is 55.2 Å². The minimum Gasteiger partial charge on any atom is -0.307 e. The van der Waals surface area contributed by atoms with Gasteiger partial charge in [-0.2, -0.15) is 0 Å². The molecule has 0 atom stereocenters. The molecule has 0 aliphatic carbocycles. The fourth-order valence-corrected chi connectivity index (χ4v) is 3.29. The van der Waals surface area contributed by atoms with Crippen molar-refractivity contribution in [2.45, 2.75) is 26.4 Å². The third kappa shape index (κ3) is 3.38. The average Bonchev–Trinajstić information content (AvgIpc) is 2.97. The second-order valence-corrected chi connectivity index (χ2v) is 6.22. The largest absolute Gasteiger partial charge is 0.324 e. The van der Waals surface area contributed by atoms with Crippen LogP contribution in [0.5, 0.6) is 0 Å². The van der Waals surface area contributed by atoms with Gasteiger partial charge in [0.1, 0.15) is 0 Å². The Labute approximate surface area is 113 Å². The van der Waals surface area contributed by atoms with Gasteiger partial charge in [-0.25, -0.2) is 0 Å². The molecule has 2 aromatic rings. The van der Waals surface area contributed by atoms with Gasteiger partial charge in [-0.1, -0.05) is 18.3 Å². The van der Waals surface area contributed by atoms with Crippen molar-refractivity contribution in [2.24, 2.45) is 0 Å². The van der Waals surface area contributed by atoms with E-state index in [2.05, 4.69) is 24.4 Å². The standard InChI is InChI=1S/C12H14N2O2S2/c1-2-9-3-4-10(17-9)7-13-8-11-5-6-12(18-11)14(15)16/h3-6,13H,2,7-8H2,1H3. The maximum Gasteiger partial charge on any atom is 0.324 e. The molecule has 0 spiro atoms. The minimum atomic E-state index is -0.346. The minimum absolute atomic E-state index is 0.205. The van der Waals surface area contributed by atoms with E-state index in [1.54, 1.807) is 6.07 Å². The van der Waals surface area contributed by atoms with E-state index >= 15 is 0 Å². The zero-order valence-electron chi connectivity index (χ0n) is 10.0. The van der Waals surface area contributed by atoms with Crippen LogP contribution < -0.4 is 5.32 Å². The summed E-state index contributed by atoms with van der Waals surface area (Å²) in [6.45, 7) is 3.64. The molecule has 0 aliphatic heterocycles. The van der Waals surface area contributed by atoms with Gasteiger partial charge in [-0.15, -0.1) is 11.3 Å². The van der Waals surface area contributed by atoms with Crippen LogP contribution in [0.2, 0.25) is 0 Å². The van der Waals surface area contributed by atoms with Gasteiger partial charge in [0.25, 0.3) is 0 Å². The van der Waals surface area contributed by atoms with Gasteiger partial charge in [0.05, 0.1) is 4.92 Å². The van der Waals surface area contributed by atoms with Crippen molar-refractivity contribution >= 4 is 27.7 Å². The van der Waals surface area contributed by atoms with Crippen molar-refractivity contribution in [1.82, 2.24) is 5.32 Å². The van der Waals surface area contributed by atoms with E-state index in [-0.39, 0.29) is 9.92 Å². The van der Waals surface area contributed by atoms with Gasteiger partial charge in [0, 0.05) is 33.8 Å². The molecule has 0 bridgehead atoms. The maximum atomic E-state index is 10.5. The molecule has 0 aliphatic rings. The predicted octanol–water partition coefficient (Wildman–Crippen LogP) is 3.57. The SMILES string of the molecule is CCc1ccc(CNCc2ccc([N+](=O)[O-])s2)s1. The Bertz CT molecular complexity index is 534. The number of nitrogens with one attached hydrogen (secondary N) is 1. The summed E-state index contributed by atoms with van der Waals surface area (Å²) in [4.78, 5) is 13.9. The third-order valence-electron chi connectivity index (χ3n) is 2.49. The zero-order valence-corrected chi connectivity index (χ0v) is 11.6. The number of thiophene rings is 2. The van der Waals surface area contributed by atoms with Crippen molar-refractivity contribution in [2.75, 3.05) is 0 Å². The average molecular weight is 282 g/mol. The smallest absolute Gasteiger partial charge is 0.307 e. The van der Waals surface area contributed by atoms with E-state index in [1.807, 2.05) is 17.4 Å². The highest BCUT2D eigenvalue weighted by molar-refractivity contribution is 7.15. The van der Waals surface area contributed by atoms with Crippen molar-refractivity contribution in [3.8, 4) is 0 Å². The molecular formula is C12H14N2O2S2. The second-order valence-electron chi connectivity index (χ2n) is 3.82. The lowest BCUT2D eigenvalue weighted by Crippen LogP contribution is -2.10. The number of hydrogen-bond donors (Lipinski definition) is 1. The molecule has 1 N–H and O–H groups in total. The Hall–Kier alpha value is -1.24.